The van der Waals surface area contributed by atoms with Gasteiger partial charge in [-0.1, -0.05) is 24.3 Å². The molecule has 0 radical (unpaired) electrons. The third kappa shape index (κ3) is 3.33. The summed E-state index contributed by atoms with van der Waals surface area (Å²) in [5, 5.41) is 2.88. The van der Waals surface area contributed by atoms with Gasteiger partial charge < -0.3 is 14.2 Å². The number of amides is 1. The van der Waals surface area contributed by atoms with Gasteiger partial charge in [-0.3, -0.25) is 4.79 Å². The van der Waals surface area contributed by atoms with Crippen molar-refractivity contribution in [1.29, 1.82) is 0 Å². The van der Waals surface area contributed by atoms with Gasteiger partial charge in [-0.2, -0.15) is 0 Å². The number of nitrogens with one attached hydrogen (secondary N) is 1. The Kier molecular flexibility index (Phi) is 4.24. The number of hydrogen-bond acceptors (Lipinski definition) is 5. The van der Waals surface area contributed by atoms with E-state index in [0.717, 1.165) is 11.1 Å². The molecule has 27 heavy (non-hydrogen) atoms. The van der Waals surface area contributed by atoms with Crippen molar-refractivity contribution < 1.29 is 13.6 Å². The quantitative estimate of drug-likeness (QED) is 0.575. The van der Waals surface area contributed by atoms with Gasteiger partial charge in [0.15, 0.2) is 11.5 Å². The van der Waals surface area contributed by atoms with Crippen molar-refractivity contribution in [2.75, 3.05) is 5.32 Å². The maximum Gasteiger partial charge on any atom is 0.230 e. The number of carbonyl (C=O) groups is 1. The molecular weight excluding hydrogens is 342 g/mol. The number of aryl methyl sites for hydroxylation is 3. The molecule has 2 heterocycles. The fourth-order valence-electron chi connectivity index (χ4n) is 3.03. The second kappa shape index (κ2) is 6.72. The molecule has 0 aliphatic heterocycles. The average Bonchev–Trinajstić information content (AvgIpc) is 3.18. The van der Waals surface area contributed by atoms with Crippen molar-refractivity contribution in [3.8, 4) is 11.5 Å². The van der Waals surface area contributed by atoms with Crippen LogP contribution in [0.3, 0.4) is 0 Å². The highest BCUT2D eigenvalue weighted by Gasteiger charge is 2.17. The van der Waals surface area contributed by atoms with E-state index >= 15 is 0 Å². The van der Waals surface area contributed by atoms with Gasteiger partial charge in [-0.25, -0.2) is 9.97 Å². The van der Waals surface area contributed by atoms with E-state index in [4.69, 9.17) is 8.83 Å². The zero-order valence-corrected chi connectivity index (χ0v) is 15.4. The highest BCUT2D eigenvalue weighted by Crippen LogP contribution is 2.26. The monoisotopic (exact) mass is 361 g/mol. The molecular formula is C21H19N3O3. The van der Waals surface area contributed by atoms with Crippen molar-refractivity contribution in [2.24, 2.45) is 0 Å². The summed E-state index contributed by atoms with van der Waals surface area (Å²) < 4.78 is 11.4. The van der Waals surface area contributed by atoms with Gasteiger partial charge in [-0.15, -0.1) is 0 Å². The van der Waals surface area contributed by atoms with Crippen LogP contribution in [0.25, 0.3) is 22.6 Å². The number of fused-ring (bicyclic) bond motifs is 1. The zero-order chi connectivity index (χ0) is 19.0. The lowest BCUT2D eigenvalue weighted by molar-refractivity contribution is -0.115. The second-order valence-electron chi connectivity index (χ2n) is 6.45. The predicted octanol–water partition coefficient (Wildman–Crippen LogP) is 4.59. The molecule has 2 aromatic heterocycles. The summed E-state index contributed by atoms with van der Waals surface area (Å²) in [4.78, 5) is 21.3. The number of para-hydroxylation sites is 1. The summed E-state index contributed by atoms with van der Waals surface area (Å²) in [6.45, 7) is 5.59. The summed E-state index contributed by atoms with van der Waals surface area (Å²) in [5.74, 6) is 1.53. The smallest absolute Gasteiger partial charge is 0.230 e. The number of carbonyl (C=O) groups excluding carboxylic acids is 1. The zero-order valence-electron chi connectivity index (χ0n) is 15.4. The van der Waals surface area contributed by atoms with Crippen LogP contribution in [-0.2, 0) is 11.2 Å². The maximum absolute atomic E-state index is 12.5. The van der Waals surface area contributed by atoms with E-state index in [1.807, 2.05) is 50.2 Å². The lowest BCUT2D eigenvalue weighted by Crippen LogP contribution is -2.15. The van der Waals surface area contributed by atoms with Gasteiger partial charge >= 0.3 is 0 Å². The first kappa shape index (κ1) is 17.0. The fraction of sp³-hybridized carbons (Fsp3) is 0.190. The molecule has 0 saturated heterocycles. The molecule has 6 heteroatoms. The average molecular weight is 361 g/mol. The number of oxazole rings is 2. The number of benzene rings is 2. The number of aromatic nitrogens is 2. The lowest BCUT2D eigenvalue weighted by Gasteiger charge is -2.04. The third-order valence-electron chi connectivity index (χ3n) is 4.39. The molecule has 0 fully saturated rings. The van der Waals surface area contributed by atoms with Crippen LogP contribution in [0.4, 0.5) is 5.69 Å². The van der Waals surface area contributed by atoms with E-state index in [2.05, 4.69) is 15.3 Å². The normalized spacial score (nSPS) is 11.1. The largest absolute Gasteiger partial charge is 0.441 e. The SMILES string of the molecule is Cc1nc2cccc(NC(=O)Cc3nc(-c4ccccc4C)oc3C)c2o1. The minimum atomic E-state index is -0.190. The molecule has 1 N–H and O–H groups in total. The van der Waals surface area contributed by atoms with Crippen LogP contribution in [0.1, 0.15) is 22.9 Å². The summed E-state index contributed by atoms with van der Waals surface area (Å²) in [6, 6.07) is 13.3. The topological polar surface area (TPSA) is 81.2 Å². The molecule has 0 spiro atoms. The van der Waals surface area contributed by atoms with E-state index in [0.29, 0.717) is 40.0 Å². The van der Waals surface area contributed by atoms with Crippen molar-refractivity contribution in [1.82, 2.24) is 9.97 Å². The Bertz CT molecular complexity index is 1140. The predicted molar refractivity (Wildman–Crippen MR) is 102 cm³/mol. The van der Waals surface area contributed by atoms with E-state index in [1.54, 1.807) is 13.0 Å². The number of rotatable bonds is 4. The summed E-state index contributed by atoms with van der Waals surface area (Å²) in [6.07, 6.45) is 0.116. The molecule has 0 bridgehead atoms. The van der Waals surface area contributed by atoms with Crippen LogP contribution in [0, 0.1) is 20.8 Å². The van der Waals surface area contributed by atoms with Crippen LogP contribution in [-0.4, -0.2) is 15.9 Å². The van der Waals surface area contributed by atoms with Crippen LogP contribution >= 0.6 is 0 Å². The van der Waals surface area contributed by atoms with Crippen LogP contribution in [0.15, 0.2) is 51.3 Å². The first-order chi connectivity index (χ1) is 13.0. The molecule has 0 saturated carbocycles. The fourth-order valence-corrected chi connectivity index (χ4v) is 3.03. The molecule has 0 aliphatic carbocycles. The van der Waals surface area contributed by atoms with Crippen molar-refractivity contribution in [3.05, 3.63) is 65.4 Å². The minimum absolute atomic E-state index is 0.116. The molecule has 6 nitrogen and oxygen atoms in total. The Morgan fingerprint density at radius 3 is 2.63 bits per heavy atom. The molecule has 2 aromatic carbocycles. The van der Waals surface area contributed by atoms with E-state index in [1.165, 1.54) is 0 Å². The highest BCUT2D eigenvalue weighted by molar-refractivity contribution is 5.99. The Balaban J connectivity index is 1.56. The molecule has 0 aliphatic rings. The number of nitrogens with zero attached hydrogens (tertiary/aromatic N) is 2. The highest BCUT2D eigenvalue weighted by atomic mass is 16.4. The number of anilines is 1. The standard InChI is InChI=1S/C21H19N3O3/c1-12-7-4-5-8-15(12)21-24-18(13(2)26-21)11-19(25)23-17-10-6-9-16-20(17)27-14(3)22-16/h4-10H,11H2,1-3H3,(H,23,25). The number of hydrogen-bond donors (Lipinski definition) is 1. The second-order valence-corrected chi connectivity index (χ2v) is 6.45. The van der Waals surface area contributed by atoms with Gasteiger partial charge in [0.1, 0.15) is 11.3 Å². The van der Waals surface area contributed by atoms with Crippen LogP contribution < -0.4 is 5.32 Å². The molecule has 4 aromatic rings. The van der Waals surface area contributed by atoms with Gasteiger partial charge in [0, 0.05) is 12.5 Å². The molecule has 0 unspecified atom stereocenters. The molecule has 136 valence electrons. The third-order valence-corrected chi connectivity index (χ3v) is 4.39. The van der Waals surface area contributed by atoms with E-state index in [-0.39, 0.29) is 12.3 Å². The molecule has 4 rings (SSSR count). The van der Waals surface area contributed by atoms with Gasteiger partial charge in [0.25, 0.3) is 0 Å². The van der Waals surface area contributed by atoms with Crippen molar-refractivity contribution in [3.63, 3.8) is 0 Å². The van der Waals surface area contributed by atoms with Crippen LogP contribution in [0.5, 0.6) is 0 Å². The van der Waals surface area contributed by atoms with Gasteiger partial charge in [0.2, 0.25) is 11.8 Å². The van der Waals surface area contributed by atoms with Crippen LogP contribution in [0.2, 0.25) is 0 Å². The molecule has 0 atom stereocenters. The van der Waals surface area contributed by atoms with Gasteiger partial charge in [-0.05, 0) is 37.6 Å². The van der Waals surface area contributed by atoms with Crippen molar-refractivity contribution in [2.45, 2.75) is 27.2 Å². The maximum atomic E-state index is 12.5. The summed E-state index contributed by atoms with van der Waals surface area (Å²) >= 11 is 0. The van der Waals surface area contributed by atoms with Crippen molar-refractivity contribution >= 4 is 22.7 Å². The van der Waals surface area contributed by atoms with E-state index < -0.39 is 0 Å². The first-order valence-electron chi connectivity index (χ1n) is 8.69. The van der Waals surface area contributed by atoms with E-state index in [9.17, 15) is 4.79 Å². The first-order valence-corrected chi connectivity index (χ1v) is 8.69. The Morgan fingerprint density at radius 1 is 1.00 bits per heavy atom. The summed E-state index contributed by atoms with van der Waals surface area (Å²) in [7, 11) is 0. The summed E-state index contributed by atoms with van der Waals surface area (Å²) in [5.41, 5.74) is 4.49. The Morgan fingerprint density at radius 2 is 1.81 bits per heavy atom. The van der Waals surface area contributed by atoms with Gasteiger partial charge in [0.05, 0.1) is 17.8 Å². The Hall–Kier alpha value is -3.41. The molecule has 1 amide bonds. The lowest BCUT2D eigenvalue weighted by atomic mass is 10.1. The Labute approximate surface area is 156 Å². The minimum Gasteiger partial charge on any atom is -0.441 e.